The molecule has 0 aliphatic carbocycles. The van der Waals surface area contributed by atoms with Gasteiger partial charge >= 0.3 is 0 Å². The summed E-state index contributed by atoms with van der Waals surface area (Å²) in [5, 5.41) is 3.34. The van der Waals surface area contributed by atoms with Crippen molar-refractivity contribution in [3.05, 3.63) is 35.4 Å². The fourth-order valence-corrected chi connectivity index (χ4v) is 2.77. The summed E-state index contributed by atoms with van der Waals surface area (Å²) in [6.45, 7) is 5.52. The molecular weight excluding hydrogens is 248 g/mol. The van der Waals surface area contributed by atoms with Crippen molar-refractivity contribution in [2.24, 2.45) is 0 Å². The van der Waals surface area contributed by atoms with Crippen LogP contribution in [0.2, 0.25) is 0 Å². The Kier molecular flexibility index (Phi) is 4.53. The highest BCUT2D eigenvalue weighted by atomic mass is 19.2. The van der Waals surface area contributed by atoms with Gasteiger partial charge < -0.3 is 10.1 Å². The van der Waals surface area contributed by atoms with Crippen molar-refractivity contribution in [2.75, 3.05) is 13.2 Å². The van der Waals surface area contributed by atoms with E-state index in [4.69, 9.17) is 4.74 Å². The molecule has 2 nitrogen and oxygen atoms in total. The molecule has 1 aliphatic heterocycles. The van der Waals surface area contributed by atoms with Gasteiger partial charge in [-0.2, -0.15) is 0 Å². The summed E-state index contributed by atoms with van der Waals surface area (Å²) in [5.41, 5.74) is 0.378. The highest BCUT2D eigenvalue weighted by molar-refractivity contribution is 5.24. The maximum absolute atomic E-state index is 13.4. The van der Waals surface area contributed by atoms with E-state index >= 15 is 0 Å². The Labute approximate surface area is 113 Å². The molecule has 19 heavy (non-hydrogen) atoms. The Morgan fingerprint density at radius 2 is 2.11 bits per heavy atom. The lowest BCUT2D eigenvalue weighted by Gasteiger charge is -2.41. The van der Waals surface area contributed by atoms with Crippen molar-refractivity contribution in [1.82, 2.24) is 5.32 Å². The van der Waals surface area contributed by atoms with E-state index in [0.717, 1.165) is 38.0 Å². The third kappa shape index (κ3) is 3.12. The fraction of sp³-hybridized carbons (Fsp3) is 0.600. The van der Waals surface area contributed by atoms with Crippen LogP contribution in [0.5, 0.6) is 0 Å². The van der Waals surface area contributed by atoms with E-state index in [1.807, 2.05) is 13.8 Å². The first kappa shape index (κ1) is 14.4. The van der Waals surface area contributed by atoms with Crippen LogP contribution in [0.25, 0.3) is 0 Å². The Morgan fingerprint density at radius 1 is 1.32 bits per heavy atom. The van der Waals surface area contributed by atoms with Crippen LogP contribution < -0.4 is 5.32 Å². The van der Waals surface area contributed by atoms with Crippen molar-refractivity contribution in [3.8, 4) is 0 Å². The largest absolute Gasteiger partial charge is 0.373 e. The van der Waals surface area contributed by atoms with Gasteiger partial charge in [0.15, 0.2) is 11.6 Å². The highest BCUT2D eigenvalue weighted by Crippen LogP contribution is 2.36. The second-order valence-electron chi connectivity index (χ2n) is 5.28. The second kappa shape index (κ2) is 5.97. The molecule has 1 heterocycles. The van der Waals surface area contributed by atoms with E-state index in [2.05, 4.69) is 5.32 Å². The van der Waals surface area contributed by atoms with Crippen LogP contribution in [0, 0.1) is 11.6 Å². The average molecular weight is 269 g/mol. The van der Waals surface area contributed by atoms with E-state index in [1.54, 1.807) is 6.07 Å². The van der Waals surface area contributed by atoms with Gasteiger partial charge in [-0.05, 0) is 50.4 Å². The molecular formula is C15H21F2NO. The molecule has 0 bridgehead atoms. The normalized spacial score (nSPS) is 25.3. The lowest BCUT2D eigenvalue weighted by Crippen LogP contribution is -2.46. The predicted octanol–water partition coefficient (Wildman–Crippen LogP) is 3.57. The van der Waals surface area contributed by atoms with Gasteiger partial charge in [0.1, 0.15) is 0 Å². The van der Waals surface area contributed by atoms with Crippen LogP contribution >= 0.6 is 0 Å². The lowest BCUT2D eigenvalue weighted by molar-refractivity contribution is -0.0896. The summed E-state index contributed by atoms with van der Waals surface area (Å²) >= 11 is 0. The summed E-state index contributed by atoms with van der Waals surface area (Å²) in [4.78, 5) is 0. The topological polar surface area (TPSA) is 21.3 Å². The predicted molar refractivity (Wildman–Crippen MR) is 71.0 cm³/mol. The number of rotatable bonds is 4. The molecule has 2 unspecified atom stereocenters. The number of nitrogens with one attached hydrogen (secondary N) is 1. The monoisotopic (exact) mass is 269 g/mol. The van der Waals surface area contributed by atoms with Crippen LogP contribution in [0.1, 0.15) is 44.7 Å². The fourth-order valence-electron chi connectivity index (χ4n) is 2.77. The minimum absolute atomic E-state index is 0.118. The van der Waals surface area contributed by atoms with Gasteiger partial charge in [0.05, 0.1) is 11.6 Å². The number of hydrogen-bond donors (Lipinski definition) is 1. The minimum atomic E-state index is -0.811. The molecule has 1 N–H and O–H groups in total. The summed E-state index contributed by atoms with van der Waals surface area (Å²) in [6, 6.07) is 3.97. The van der Waals surface area contributed by atoms with Crippen LogP contribution in [-0.4, -0.2) is 18.8 Å². The van der Waals surface area contributed by atoms with E-state index in [0.29, 0.717) is 0 Å². The maximum Gasteiger partial charge on any atom is 0.159 e. The molecule has 0 spiro atoms. The summed E-state index contributed by atoms with van der Waals surface area (Å²) in [5.74, 6) is -1.62. The average Bonchev–Trinajstić information content (AvgIpc) is 2.40. The zero-order valence-electron chi connectivity index (χ0n) is 11.5. The van der Waals surface area contributed by atoms with E-state index in [1.165, 1.54) is 12.1 Å². The summed E-state index contributed by atoms with van der Waals surface area (Å²) in [7, 11) is 0. The minimum Gasteiger partial charge on any atom is -0.373 e. The summed E-state index contributed by atoms with van der Waals surface area (Å²) < 4.78 is 32.4. The highest BCUT2D eigenvalue weighted by Gasteiger charge is 2.37. The zero-order valence-corrected chi connectivity index (χ0v) is 11.5. The first-order chi connectivity index (χ1) is 9.07. The second-order valence-corrected chi connectivity index (χ2v) is 5.28. The molecule has 106 valence electrons. The van der Waals surface area contributed by atoms with Crippen molar-refractivity contribution < 1.29 is 13.5 Å². The Hall–Kier alpha value is -1.00. The van der Waals surface area contributed by atoms with E-state index < -0.39 is 11.6 Å². The van der Waals surface area contributed by atoms with E-state index in [9.17, 15) is 8.78 Å². The molecule has 1 aliphatic rings. The number of hydrogen-bond acceptors (Lipinski definition) is 2. The molecule has 1 saturated heterocycles. The number of halogens is 2. The smallest absolute Gasteiger partial charge is 0.159 e. The maximum atomic E-state index is 13.4. The zero-order chi connectivity index (χ0) is 13.9. The molecule has 0 saturated carbocycles. The third-order valence-electron chi connectivity index (χ3n) is 3.80. The molecule has 2 rings (SSSR count). The van der Waals surface area contributed by atoms with Gasteiger partial charge in [-0.25, -0.2) is 8.78 Å². The number of likely N-dealkylation sites (N-methyl/N-ethyl adjacent to an activating group) is 1. The first-order valence-corrected chi connectivity index (χ1v) is 6.89. The van der Waals surface area contributed by atoms with Gasteiger partial charge in [0, 0.05) is 6.61 Å². The molecule has 1 fully saturated rings. The first-order valence-electron chi connectivity index (χ1n) is 6.89. The van der Waals surface area contributed by atoms with Gasteiger partial charge in [-0.3, -0.25) is 0 Å². The molecule has 1 aromatic carbocycles. The molecule has 2 atom stereocenters. The van der Waals surface area contributed by atoms with Crippen LogP contribution in [-0.2, 0) is 4.74 Å². The molecule has 0 amide bonds. The number of ether oxygens (including phenoxy) is 1. The molecule has 0 radical (unpaired) electrons. The van der Waals surface area contributed by atoms with Crippen LogP contribution in [0.15, 0.2) is 18.2 Å². The van der Waals surface area contributed by atoms with Crippen molar-refractivity contribution in [1.29, 1.82) is 0 Å². The SMILES string of the molecule is CCNC(c1ccc(F)c(F)c1)C1(C)CCCCO1. The van der Waals surface area contributed by atoms with Gasteiger partial charge in [-0.15, -0.1) is 0 Å². The van der Waals surface area contributed by atoms with Crippen molar-refractivity contribution in [3.63, 3.8) is 0 Å². The van der Waals surface area contributed by atoms with Crippen molar-refractivity contribution in [2.45, 2.75) is 44.8 Å². The Morgan fingerprint density at radius 3 is 2.68 bits per heavy atom. The standard InChI is InChI=1S/C15H21F2NO/c1-3-18-14(15(2)8-4-5-9-19-15)11-6-7-12(16)13(17)10-11/h6-7,10,14,18H,3-5,8-9H2,1-2H3. The van der Waals surface area contributed by atoms with Gasteiger partial charge in [-0.1, -0.05) is 13.0 Å². The van der Waals surface area contributed by atoms with E-state index in [-0.39, 0.29) is 11.6 Å². The molecule has 0 aromatic heterocycles. The molecule has 1 aromatic rings. The van der Waals surface area contributed by atoms with Crippen LogP contribution in [0.3, 0.4) is 0 Å². The van der Waals surface area contributed by atoms with Crippen molar-refractivity contribution >= 4 is 0 Å². The van der Waals surface area contributed by atoms with Crippen LogP contribution in [0.4, 0.5) is 8.78 Å². The third-order valence-corrected chi connectivity index (χ3v) is 3.80. The summed E-state index contributed by atoms with van der Waals surface area (Å²) in [6.07, 6.45) is 3.08. The quantitative estimate of drug-likeness (QED) is 0.902. The Bertz CT molecular complexity index is 430. The number of benzene rings is 1. The molecule has 4 heteroatoms. The lowest BCUT2D eigenvalue weighted by atomic mass is 9.84. The van der Waals surface area contributed by atoms with Gasteiger partial charge in [0.25, 0.3) is 0 Å². The Balaban J connectivity index is 2.30. The van der Waals surface area contributed by atoms with Gasteiger partial charge in [0.2, 0.25) is 0 Å².